The Bertz CT molecular complexity index is 2910. The number of nitrogens with zero attached hydrogens (tertiary/aromatic N) is 3. The van der Waals surface area contributed by atoms with Gasteiger partial charge in [-0.25, -0.2) is 18.5 Å². The SMILES string of the molecule is COP(=O)(OC)OP(=O)(OC)OP(=O)(OC)OC[C@@H]1CC[C@H](n2cc(C#CCNC(=O)COCCOC(N)COc3cccc(C(=O)NCCNC(=O)CCC4=N/C(=C\C5=C(C)C=C(C)C5B(F)F)C=C4)c3)c(N)nc2=O)O1. The molecule has 32 heteroatoms. The van der Waals surface area contributed by atoms with Crippen molar-refractivity contribution in [3.8, 4) is 17.6 Å². The molecule has 3 amide bonds. The highest BCUT2D eigenvalue weighted by molar-refractivity contribution is 7.67. The Morgan fingerprint density at radius 2 is 1.68 bits per heavy atom. The quantitative estimate of drug-likeness (QED) is 0.0220. The van der Waals surface area contributed by atoms with Crippen molar-refractivity contribution in [1.29, 1.82) is 0 Å². The van der Waals surface area contributed by atoms with E-state index in [9.17, 15) is 41.5 Å². The van der Waals surface area contributed by atoms with Crippen LogP contribution >= 0.6 is 23.5 Å². The molecule has 7 N–H and O–H groups in total. The molecule has 2 aromatic rings. The van der Waals surface area contributed by atoms with Gasteiger partial charge < -0.3 is 46.4 Å². The molecule has 0 spiro atoms. The highest BCUT2D eigenvalue weighted by Gasteiger charge is 2.46. The summed E-state index contributed by atoms with van der Waals surface area (Å²) in [4.78, 5) is 58.7. The number of allylic oxidation sites excluding steroid dienone is 7. The van der Waals surface area contributed by atoms with Crippen LogP contribution in [0.3, 0.4) is 0 Å². The summed E-state index contributed by atoms with van der Waals surface area (Å²) >= 11 is 0. The lowest BCUT2D eigenvalue weighted by molar-refractivity contribution is -0.126. The van der Waals surface area contributed by atoms with Crippen molar-refractivity contribution in [3.05, 3.63) is 98.8 Å². The third kappa shape index (κ3) is 19.4. The van der Waals surface area contributed by atoms with Crippen LogP contribution in [0.5, 0.6) is 5.75 Å². The second-order valence-electron chi connectivity index (χ2n) is 16.9. The topological polar surface area (TPSA) is 339 Å². The van der Waals surface area contributed by atoms with Gasteiger partial charge in [0.2, 0.25) is 11.8 Å². The van der Waals surface area contributed by atoms with E-state index in [4.69, 9.17) is 48.1 Å². The fourth-order valence-corrected chi connectivity index (χ4v) is 11.9. The lowest BCUT2D eigenvalue weighted by Gasteiger charge is -2.23. The smallest absolute Gasteiger partial charge is 0.489 e. The number of aromatic nitrogens is 2. The van der Waals surface area contributed by atoms with Gasteiger partial charge in [0.1, 0.15) is 37.2 Å². The number of amides is 3. The van der Waals surface area contributed by atoms with Gasteiger partial charge in [0.05, 0.1) is 43.7 Å². The molecule has 1 saturated heterocycles. The Morgan fingerprint density at radius 3 is 2.40 bits per heavy atom. The van der Waals surface area contributed by atoms with Crippen molar-refractivity contribution in [1.82, 2.24) is 25.5 Å². The van der Waals surface area contributed by atoms with Gasteiger partial charge in [0.15, 0.2) is 0 Å². The number of nitrogens with two attached hydrogens (primary N) is 2. The number of carbonyl (C=O) groups is 3. The van der Waals surface area contributed by atoms with Crippen LogP contribution in [0.25, 0.3) is 0 Å². The van der Waals surface area contributed by atoms with Gasteiger partial charge in [-0.2, -0.15) is 13.6 Å². The molecule has 2 aliphatic heterocycles. The second kappa shape index (κ2) is 30.2. The molecule has 0 saturated carbocycles. The first-order valence-corrected chi connectivity index (χ1v) is 28.3. The number of benzene rings is 1. The summed E-state index contributed by atoms with van der Waals surface area (Å²) in [5, 5.41) is 8.05. The fraction of sp³-hybridized carbons (Fsp3) is 0.478. The number of nitrogen functional groups attached to an aromatic ring is 1. The molecule has 1 aromatic carbocycles. The molecule has 26 nitrogen and oxygen atoms in total. The van der Waals surface area contributed by atoms with Gasteiger partial charge in [0.25, 0.3) is 5.91 Å². The zero-order valence-corrected chi connectivity index (χ0v) is 46.2. The molecule has 3 aliphatic rings. The Hall–Kier alpha value is -5.53. The molecule has 3 heterocycles. The average Bonchev–Trinajstić information content (AvgIpc) is 4.16. The maximum atomic E-state index is 13.6. The lowest BCUT2D eigenvalue weighted by atomic mass is 9.70. The van der Waals surface area contributed by atoms with Gasteiger partial charge >= 0.3 is 36.4 Å². The number of nitrogens with one attached hydrogen (secondary N) is 3. The van der Waals surface area contributed by atoms with E-state index in [0.29, 0.717) is 40.3 Å². The molecule has 1 aliphatic carbocycles. The van der Waals surface area contributed by atoms with E-state index in [-0.39, 0.29) is 82.6 Å². The van der Waals surface area contributed by atoms with Crippen LogP contribution in [0.4, 0.5) is 14.4 Å². The maximum Gasteiger partial charge on any atom is 0.549 e. The van der Waals surface area contributed by atoms with E-state index < -0.39 is 79.2 Å². The molecule has 0 radical (unpaired) electrons. The van der Waals surface area contributed by atoms with Crippen LogP contribution < -0.4 is 37.8 Å². The number of phosphoric acid groups is 3. The average molecular weight is 1160 g/mol. The van der Waals surface area contributed by atoms with Crippen LogP contribution in [0.1, 0.15) is 61.7 Å². The number of hydrogen-bond donors (Lipinski definition) is 5. The number of carbonyl (C=O) groups excluding carboxylic acids is 3. The first kappa shape index (κ1) is 63.3. The summed E-state index contributed by atoms with van der Waals surface area (Å²) < 4.78 is 123. The molecule has 78 heavy (non-hydrogen) atoms. The molecular weight excluding hydrogens is 1090 g/mol. The standard InChI is InChI=1S/C46H62BF2N8O18P3/c1-30-23-31(2)43(47(48)49)38(30)25-35-13-12-34(55-35)14-16-40(58)53-19-20-54-45(60)32-9-7-11-36(24-32)71-28-39(50)70-22-21-69-29-41(59)52-18-8-10-33-26-57(46(61)56-44(33)51)42-17-15-37(73-42)27-72-77(63,67-5)75-78(64,68-6)74-76(62,65-3)66-4/h7,9,11-13,23-26,37,39,42-43H,14-22,27-29,50H2,1-6H3,(H,52,59)(H,53,58)(H,54,60)(H2,51,56,61)/b35-25-/t37-,39?,42+,43?,77?,78?/m0/s1. The van der Waals surface area contributed by atoms with E-state index in [1.165, 1.54) is 12.3 Å². The van der Waals surface area contributed by atoms with Gasteiger partial charge in [-0.05, 0) is 80.7 Å². The molecular formula is C46H62BF2N8O18P3. The van der Waals surface area contributed by atoms with Crippen LogP contribution in [0.2, 0.25) is 5.82 Å². The number of phosphoric ester groups is 2. The first-order chi connectivity index (χ1) is 37.1. The molecule has 426 valence electrons. The minimum Gasteiger partial charge on any atom is -0.489 e. The third-order valence-corrected chi connectivity index (χ3v) is 16.8. The summed E-state index contributed by atoms with van der Waals surface area (Å²) in [5.74, 6) is 3.56. The van der Waals surface area contributed by atoms with E-state index in [1.807, 2.05) is 0 Å². The lowest BCUT2D eigenvalue weighted by Crippen LogP contribution is -2.34. The molecule has 4 unspecified atom stereocenters. The van der Waals surface area contributed by atoms with Crippen LogP contribution in [-0.4, -0.2) is 134 Å². The normalized spacial score (nSPS) is 19.6. The van der Waals surface area contributed by atoms with Crippen LogP contribution in [0.15, 0.2) is 87.0 Å². The van der Waals surface area contributed by atoms with E-state index in [1.54, 1.807) is 56.4 Å². The van der Waals surface area contributed by atoms with Crippen LogP contribution in [-0.2, 0) is 68.7 Å². The number of hydrogen-bond acceptors (Lipinski definition) is 22. The number of rotatable bonds is 31. The van der Waals surface area contributed by atoms with Gasteiger partial charge in [-0.1, -0.05) is 29.6 Å². The molecule has 5 rings (SSSR count). The van der Waals surface area contributed by atoms with E-state index in [2.05, 4.69) is 51.3 Å². The van der Waals surface area contributed by atoms with Gasteiger partial charge in [0, 0.05) is 71.2 Å². The van der Waals surface area contributed by atoms with Crippen molar-refractivity contribution in [2.45, 2.75) is 63.9 Å². The van der Waals surface area contributed by atoms with Crippen LogP contribution in [0, 0.1) is 11.8 Å². The van der Waals surface area contributed by atoms with Crippen molar-refractivity contribution in [2.24, 2.45) is 10.7 Å². The highest BCUT2D eigenvalue weighted by Crippen LogP contribution is 2.72. The Kier molecular flexibility index (Phi) is 24.5. The van der Waals surface area contributed by atoms with Crippen molar-refractivity contribution in [3.63, 3.8) is 0 Å². The molecule has 0 bridgehead atoms. The predicted octanol–water partition coefficient (Wildman–Crippen LogP) is 4.92. The summed E-state index contributed by atoms with van der Waals surface area (Å²) in [6, 6.07) is 6.38. The minimum absolute atomic E-state index is 0.0102. The Labute approximate surface area is 449 Å². The Morgan fingerprint density at radius 1 is 0.962 bits per heavy atom. The zero-order chi connectivity index (χ0) is 57.0. The van der Waals surface area contributed by atoms with E-state index >= 15 is 0 Å². The van der Waals surface area contributed by atoms with Gasteiger partial charge in [-0.3, -0.25) is 55.2 Å². The minimum atomic E-state index is -4.89. The van der Waals surface area contributed by atoms with Crippen molar-refractivity contribution in [2.75, 3.05) is 86.8 Å². The first-order valence-electron chi connectivity index (χ1n) is 23.9. The highest BCUT2D eigenvalue weighted by atomic mass is 31.3. The number of anilines is 1. The fourth-order valence-electron chi connectivity index (χ4n) is 7.41. The van der Waals surface area contributed by atoms with E-state index in [0.717, 1.165) is 38.6 Å². The maximum absolute atomic E-state index is 13.6. The largest absolute Gasteiger partial charge is 0.549 e. The Balaban J connectivity index is 0.933. The number of aliphatic imine (C=N–C) groups is 1. The number of halogens is 2. The zero-order valence-electron chi connectivity index (χ0n) is 43.5. The van der Waals surface area contributed by atoms with Crippen molar-refractivity contribution < 1.29 is 86.9 Å². The number of ether oxygens (including phenoxy) is 4. The summed E-state index contributed by atoms with van der Waals surface area (Å²) in [6.07, 6.45) is 6.75. The van der Waals surface area contributed by atoms with Crippen molar-refractivity contribution >= 4 is 60.0 Å². The summed E-state index contributed by atoms with van der Waals surface area (Å²) in [5.41, 5.74) is 14.8. The second-order valence-corrected chi connectivity index (χ2v) is 22.6. The van der Waals surface area contributed by atoms with Gasteiger partial charge in [-0.15, -0.1) is 0 Å². The summed E-state index contributed by atoms with van der Waals surface area (Å²) in [7, 11) is -12.9. The predicted molar refractivity (Wildman–Crippen MR) is 279 cm³/mol. The molecule has 1 fully saturated rings. The summed E-state index contributed by atoms with van der Waals surface area (Å²) in [6.45, 7) is 2.89. The third-order valence-electron chi connectivity index (χ3n) is 11.3. The molecule has 6 atom stereocenters. The molecule has 1 aromatic heterocycles. The monoisotopic (exact) mass is 1160 g/mol.